The van der Waals surface area contributed by atoms with E-state index >= 15 is 0 Å². The van der Waals surface area contributed by atoms with Crippen LogP contribution in [0.5, 0.6) is 0 Å². The molecule has 0 heterocycles. The highest BCUT2D eigenvalue weighted by atomic mass is 16.6. The molecule has 1 unspecified atom stereocenters. The van der Waals surface area contributed by atoms with Gasteiger partial charge < -0.3 is 14.2 Å². The number of allylic oxidation sites excluding steroid dienone is 1. The predicted octanol–water partition coefficient (Wildman–Crippen LogP) is 2.41. The van der Waals surface area contributed by atoms with Gasteiger partial charge in [0.25, 0.3) is 0 Å². The molecule has 0 aromatic rings. The third-order valence-electron chi connectivity index (χ3n) is 4.01. The second-order valence-corrected chi connectivity index (χ2v) is 6.93. The molecule has 23 heavy (non-hydrogen) atoms. The zero-order valence-electron chi connectivity index (χ0n) is 14.6. The van der Waals surface area contributed by atoms with Crippen molar-refractivity contribution in [3.63, 3.8) is 0 Å². The van der Waals surface area contributed by atoms with Crippen LogP contribution in [0.2, 0.25) is 0 Å². The van der Waals surface area contributed by atoms with Crippen LogP contribution in [0.15, 0.2) is 12.2 Å². The van der Waals surface area contributed by atoms with Crippen molar-refractivity contribution in [2.45, 2.75) is 52.1 Å². The lowest BCUT2D eigenvalue weighted by Crippen LogP contribution is -2.45. The van der Waals surface area contributed by atoms with Crippen LogP contribution in [0.3, 0.4) is 0 Å². The zero-order chi connectivity index (χ0) is 17.8. The minimum atomic E-state index is -1.36. The summed E-state index contributed by atoms with van der Waals surface area (Å²) in [6, 6.07) is 0. The lowest BCUT2D eigenvalue weighted by molar-refractivity contribution is -0.171. The fourth-order valence-corrected chi connectivity index (χ4v) is 2.90. The molecule has 0 aliphatic heterocycles. The van der Waals surface area contributed by atoms with Crippen LogP contribution < -0.4 is 0 Å². The first-order valence-electron chi connectivity index (χ1n) is 7.62. The van der Waals surface area contributed by atoms with E-state index in [-0.39, 0.29) is 31.1 Å². The fourth-order valence-electron chi connectivity index (χ4n) is 2.90. The number of methoxy groups -OCH3 is 2. The maximum atomic E-state index is 12.1. The average Bonchev–Trinajstić information content (AvgIpc) is 2.45. The molecule has 1 aliphatic carbocycles. The van der Waals surface area contributed by atoms with Gasteiger partial charge in [-0.05, 0) is 46.0 Å². The summed E-state index contributed by atoms with van der Waals surface area (Å²) in [5.74, 6) is -1.68. The molecule has 0 N–H and O–H groups in total. The summed E-state index contributed by atoms with van der Waals surface area (Å²) in [5.41, 5.74) is -1.24. The van der Waals surface area contributed by atoms with Crippen LogP contribution in [0.1, 0.15) is 46.5 Å². The minimum Gasteiger partial charge on any atom is -0.468 e. The molecule has 6 heteroatoms. The van der Waals surface area contributed by atoms with Crippen molar-refractivity contribution in [1.82, 2.24) is 0 Å². The van der Waals surface area contributed by atoms with Gasteiger partial charge in [0.05, 0.1) is 20.6 Å². The second-order valence-electron chi connectivity index (χ2n) is 6.93. The number of carbonyl (C=O) groups is 3. The van der Waals surface area contributed by atoms with Crippen molar-refractivity contribution in [3.8, 4) is 0 Å². The highest BCUT2D eigenvalue weighted by molar-refractivity contribution is 6.00. The number of hydrogen-bond donors (Lipinski definition) is 0. The maximum absolute atomic E-state index is 12.1. The number of carbonyl (C=O) groups excluding carboxylic acids is 3. The first-order chi connectivity index (χ1) is 10.6. The highest BCUT2D eigenvalue weighted by Crippen LogP contribution is 2.44. The van der Waals surface area contributed by atoms with E-state index in [2.05, 4.69) is 6.58 Å². The van der Waals surface area contributed by atoms with Gasteiger partial charge in [-0.1, -0.05) is 12.2 Å². The van der Waals surface area contributed by atoms with E-state index in [0.29, 0.717) is 12.0 Å². The number of rotatable bonds is 4. The Balaban J connectivity index is 2.82. The van der Waals surface area contributed by atoms with Crippen LogP contribution in [-0.4, -0.2) is 37.7 Å². The van der Waals surface area contributed by atoms with Gasteiger partial charge in [-0.3, -0.25) is 14.4 Å². The smallest absolute Gasteiger partial charge is 0.323 e. The van der Waals surface area contributed by atoms with Gasteiger partial charge in [0.1, 0.15) is 5.60 Å². The Hall–Kier alpha value is -1.85. The third kappa shape index (κ3) is 4.56. The molecule has 0 aromatic heterocycles. The van der Waals surface area contributed by atoms with E-state index < -0.39 is 23.0 Å². The SMILES string of the molecule is C=C1CC(C(=O)OC)(C(=O)OC)CCC1CC(=O)OC(C)(C)C. The van der Waals surface area contributed by atoms with Crippen molar-refractivity contribution in [1.29, 1.82) is 0 Å². The molecule has 6 nitrogen and oxygen atoms in total. The minimum absolute atomic E-state index is 0.118. The third-order valence-corrected chi connectivity index (χ3v) is 4.01. The summed E-state index contributed by atoms with van der Waals surface area (Å²) in [6.07, 6.45) is 1.05. The second kappa shape index (κ2) is 7.15. The van der Waals surface area contributed by atoms with Crippen LogP contribution in [-0.2, 0) is 28.6 Å². The molecule has 0 bridgehead atoms. The molecule has 1 aliphatic rings. The van der Waals surface area contributed by atoms with E-state index in [0.717, 1.165) is 0 Å². The van der Waals surface area contributed by atoms with Crippen LogP contribution in [0, 0.1) is 11.3 Å². The monoisotopic (exact) mass is 326 g/mol. The largest absolute Gasteiger partial charge is 0.468 e. The Labute approximate surface area is 137 Å². The topological polar surface area (TPSA) is 78.9 Å². The summed E-state index contributed by atoms with van der Waals surface area (Å²) in [5, 5.41) is 0. The van der Waals surface area contributed by atoms with Crippen LogP contribution >= 0.6 is 0 Å². The number of esters is 3. The van der Waals surface area contributed by atoms with Crippen molar-refractivity contribution in [2.24, 2.45) is 11.3 Å². The Morgan fingerprint density at radius 3 is 2.09 bits per heavy atom. The van der Waals surface area contributed by atoms with Gasteiger partial charge >= 0.3 is 17.9 Å². The normalized spacial score (nSPS) is 20.6. The number of ether oxygens (including phenoxy) is 3. The predicted molar refractivity (Wildman–Crippen MR) is 83.4 cm³/mol. The molecule has 0 radical (unpaired) electrons. The van der Waals surface area contributed by atoms with E-state index in [1.54, 1.807) is 20.8 Å². The van der Waals surface area contributed by atoms with E-state index in [1.807, 2.05) is 0 Å². The lowest BCUT2D eigenvalue weighted by atomic mass is 9.67. The van der Waals surface area contributed by atoms with Gasteiger partial charge in [-0.25, -0.2) is 0 Å². The van der Waals surface area contributed by atoms with Crippen molar-refractivity contribution in [3.05, 3.63) is 12.2 Å². The highest BCUT2D eigenvalue weighted by Gasteiger charge is 2.51. The van der Waals surface area contributed by atoms with Gasteiger partial charge in [-0.2, -0.15) is 0 Å². The standard InChI is InChI=1S/C17H26O6/c1-11-10-17(14(19)21-5,15(20)22-6)8-7-12(11)9-13(18)23-16(2,3)4/h12H,1,7-10H2,2-6H3. The quantitative estimate of drug-likeness (QED) is 0.342. The molecule has 0 aromatic carbocycles. The molecule has 1 rings (SSSR count). The Kier molecular flexibility index (Phi) is 5.97. The molecule has 1 atom stereocenters. The molecular formula is C17H26O6. The van der Waals surface area contributed by atoms with Gasteiger partial charge in [-0.15, -0.1) is 0 Å². The summed E-state index contributed by atoms with van der Waals surface area (Å²) in [6.45, 7) is 9.37. The lowest BCUT2D eigenvalue weighted by Gasteiger charge is -2.36. The Morgan fingerprint density at radius 2 is 1.70 bits per heavy atom. The van der Waals surface area contributed by atoms with Gasteiger partial charge in [0.2, 0.25) is 0 Å². The van der Waals surface area contributed by atoms with Crippen molar-refractivity contribution >= 4 is 17.9 Å². The van der Waals surface area contributed by atoms with Crippen molar-refractivity contribution in [2.75, 3.05) is 14.2 Å². The van der Waals surface area contributed by atoms with E-state index in [4.69, 9.17) is 14.2 Å². The Bertz CT molecular complexity index is 484. The molecule has 1 saturated carbocycles. The van der Waals surface area contributed by atoms with E-state index in [9.17, 15) is 14.4 Å². The van der Waals surface area contributed by atoms with E-state index in [1.165, 1.54) is 14.2 Å². The first-order valence-corrected chi connectivity index (χ1v) is 7.62. The summed E-state index contributed by atoms with van der Waals surface area (Å²) in [7, 11) is 2.48. The Morgan fingerprint density at radius 1 is 1.17 bits per heavy atom. The van der Waals surface area contributed by atoms with Gasteiger partial charge in [0, 0.05) is 0 Å². The summed E-state index contributed by atoms with van der Waals surface area (Å²) in [4.78, 5) is 36.2. The van der Waals surface area contributed by atoms with Crippen molar-refractivity contribution < 1.29 is 28.6 Å². The first kappa shape index (κ1) is 19.2. The molecule has 0 spiro atoms. The number of hydrogen-bond acceptors (Lipinski definition) is 6. The molecule has 0 amide bonds. The zero-order valence-corrected chi connectivity index (χ0v) is 14.6. The van der Waals surface area contributed by atoms with Gasteiger partial charge in [0.15, 0.2) is 5.41 Å². The van der Waals surface area contributed by atoms with Crippen LogP contribution in [0.25, 0.3) is 0 Å². The fraction of sp³-hybridized carbons (Fsp3) is 0.706. The molecule has 130 valence electrons. The maximum Gasteiger partial charge on any atom is 0.323 e. The molecular weight excluding hydrogens is 300 g/mol. The molecule has 0 saturated heterocycles. The van der Waals surface area contributed by atoms with Crippen LogP contribution in [0.4, 0.5) is 0 Å². The molecule has 1 fully saturated rings. The average molecular weight is 326 g/mol. The summed E-state index contributed by atoms with van der Waals surface area (Å²) < 4.78 is 14.9. The summed E-state index contributed by atoms with van der Waals surface area (Å²) >= 11 is 0.